The molecule has 3 heteroatoms. The minimum absolute atomic E-state index is 0.434. The van der Waals surface area contributed by atoms with E-state index >= 15 is 0 Å². The van der Waals surface area contributed by atoms with Crippen molar-refractivity contribution in [2.75, 3.05) is 0 Å². The third kappa shape index (κ3) is 1.72. The van der Waals surface area contributed by atoms with Crippen LogP contribution >= 0.6 is 23.2 Å². The first-order valence-corrected chi connectivity index (χ1v) is 3.34. The van der Waals surface area contributed by atoms with Gasteiger partial charge in [0.25, 0.3) is 0 Å². The quantitative estimate of drug-likeness (QED) is 0.636. The van der Waals surface area contributed by atoms with E-state index in [1.165, 1.54) is 0 Å². The Morgan fingerprint density at radius 3 is 2.80 bits per heavy atom. The minimum atomic E-state index is 0.434. The lowest BCUT2D eigenvalue weighted by atomic mass is 10.3. The summed E-state index contributed by atoms with van der Waals surface area (Å²) in [5, 5.41) is 0.878. The minimum Gasteiger partial charge on any atom is -0.252 e. The summed E-state index contributed by atoms with van der Waals surface area (Å²) in [4.78, 5) is 3.70. The lowest BCUT2D eigenvalue weighted by molar-refractivity contribution is 1.30. The molecule has 51 valence electrons. The van der Waals surface area contributed by atoms with Crippen LogP contribution in [0.1, 0.15) is 5.56 Å². The molecule has 1 radical (unpaired) electrons. The van der Waals surface area contributed by atoms with Gasteiger partial charge in [0.1, 0.15) is 6.20 Å². The van der Waals surface area contributed by atoms with E-state index < -0.39 is 0 Å². The molecular formula is C7H4Cl2N. The Bertz CT molecular complexity index is 258. The number of nitrogens with zero attached hydrogens (tertiary/aromatic N) is 1. The van der Waals surface area contributed by atoms with Gasteiger partial charge in [-0.3, -0.25) is 4.98 Å². The summed E-state index contributed by atoms with van der Waals surface area (Å²) in [7, 11) is 0. The van der Waals surface area contributed by atoms with Crippen LogP contribution in [0, 0.1) is 6.20 Å². The lowest BCUT2D eigenvalue weighted by Crippen LogP contribution is -1.78. The highest BCUT2D eigenvalue weighted by molar-refractivity contribution is 6.48. The summed E-state index contributed by atoms with van der Waals surface area (Å²) < 4.78 is 0. The normalized spacial score (nSPS) is 9.40. The molecule has 1 aromatic rings. The average Bonchev–Trinajstić information content (AvgIpc) is 1.88. The van der Waals surface area contributed by atoms with E-state index in [4.69, 9.17) is 23.2 Å². The van der Waals surface area contributed by atoms with E-state index in [0.29, 0.717) is 10.1 Å². The van der Waals surface area contributed by atoms with Crippen molar-refractivity contribution in [2.24, 2.45) is 0 Å². The summed E-state index contributed by atoms with van der Waals surface area (Å²) in [6.07, 6.45) is 4.10. The highest BCUT2D eigenvalue weighted by Crippen LogP contribution is 2.17. The molecule has 0 spiro atoms. The largest absolute Gasteiger partial charge is 0.252 e. The third-order valence-electron chi connectivity index (χ3n) is 0.970. The van der Waals surface area contributed by atoms with Crippen LogP contribution in [-0.4, -0.2) is 4.98 Å². The second-order valence-corrected chi connectivity index (χ2v) is 2.59. The molecule has 0 saturated heterocycles. The van der Waals surface area contributed by atoms with Gasteiger partial charge in [0.2, 0.25) is 0 Å². The monoisotopic (exact) mass is 172 g/mol. The zero-order chi connectivity index (χ0) is 7.56. The zero-order valence-corrected chi connectivity index (χ0v) is 6.58. The second-order valence-electron chi connectivity index (χ2n) is 1.72. The molecule has 0 aliphatic heterocycles. The lowest BCUT2D eigenvalue weighted by Gasteiger charge is -1.94. The molecule has 0 aliphatic carbocycles. The highest BCUT2D eigenvalue weighted by Gasteiger charge is 1.95. The summed E-state index contributed by atoms with van der Waals surface area (Å²) in [5.74, 6) is 0. The predicted molar refractivity (Wildman–Crippen MR) is 43.0 cm³/mol. The fraction of sp³-hybridized carbons (Fsp3) is 0. The van der Waals surface area contributed by atoms with Crippen molar-refractivity contribution >= 4 is 28.2 Å². The van der Waals surface area contributed by atoms with Gasteiger partial charge in [-0.15, -0.1) is 0 Å². The Hall–Kier alpha value is -0.530. The van der Waals surface area contributed by atoms with Gasteiger partial charge >= 0.3 is 0 Å². The van der Waals surface area contributed by atoms with Crippen molar-refractivity contribution in [3.05, 3.63) is 35.6 Å². The molecule has 0 N–H and O–H groups in total. The Kier molecular flexibility index (Phi) is 2.30. The van der Waals surface area contributed by atoms with Crippen LogP contribution in [0.4, 0.5) is 0 Å². The smallest absolute Gasteiger partial charge is 0.109 e. The second kappa shape index (κ2) is 3.04. The highest BCUT2D eigenvalue weighted by atomic mass is 35.5. The van der Waals surface area contributed by atoms with Crippen LogP contribution in [0.2, 0.25) is 5.02 Å². The molecule has 1 heterocycles. The van der Waals surface area contributed by atoms with E-state index in [0.717, 1.165) is 5.56 Å². The first kappa shape index (κ1) is 7.58. The number of rotatable bonds is 1. The van der Waals surface area contributed by atoms with Crippen LogP contribution in [0.25, 0.3) is 5.03 Å². The molecule has 0 saturated carbocycles. The molecule has 0 bridgehead atoms. The van der Waals surface area contributed by atoms with Gasteiger partial charge in [-0.25, -0.2) is 0 Å². The van der Waals surface area contributed by atoms with Gasteiger partial charge in [-0.2, -0.15) is 0 Å². The molecule has 0 aromatic carbocycles. The van der Waals surface area contributed by atoms with Crippen LogP contribution in [0.3, 0.4) is 0 Å². The van der Waals surface area contributed by atoms with E-state index in [9.17, 15) is 0 Å². The average molecular weight is 173 g/mol. The fourth-order valence-electron chi connectivity index (χ4n) is 0.518. The summed E-state index contributed by atoms with van der Waals surface area (Å²) >= 11 is 11.1. The van der Waals surface area contributed by atoms with E-state index in [1.54, 1.807) is 12.3 Å². The number of halogens is 2. The maximum absolute atomic E-state index is 5.57. The SMILES string of the molecule is C=C(Cl)c1cn[c]c(Cl)c1. The molecule has 1 rings (SSSR count). The van der Waals surface area contributed by atoms with Crippen molar-refractivity contribution in [1.29, 1.82) is 0 Å². The standard InChI is InChI=1S/C7H4Cl2N/c1-5(8)6-2-7(9)4-10-3-6/h2-3H,1H2. The molecular weight excluding hydrogens is 169 g/mol. The zero-order valence-electron chi connectivity index (χ0n) is 5.06. The van der Waals surface area contributed by atoms with Gasteiger partial charge in [0, 0.05) is 16.8 Å². The molecule has 0 atom stereocenters. The topological polar surface area (TPSA) is 12.9 Å². The number of hydrogen-bond acceptors (Lipinski definition) is 1. The van der Waals surface area contributed by atoms with Crippen LogP contribution in [0.15, 0.2) is 18.8 Å². The van der Waals surface area contributed by atoms with Crippen molar-refractivity contribution in [3.8, 4) is 0 Å². The number of aromatic nitrogens is 1. The Balaban J connectivity index is 3.07. The summed E-state index contributed by atoms with van der Waals surface area (Å²) in [6, 6.07) is 1.66. The van der Waals surface area contributed by atoms with Gasteiger partial charge in [-0.05, 0) is 6.07 Å². The molecule has 0 aliphatic rings. The molecule has 0 unspecified atom stereocenters. The van der Waals surface area contributed by atoms with Crippen molar-refractivity contribution < 1.29 is 0 Å². The Morgan fingerprint density at radius 2 is 2.40 bits per heavy atom. The van der Waals surface area contributed by atoms with Gasteiger partial charge in [0.05, 0.1) is 5.02 Å². The van der Waals surface area contributed by atoms with Crippen molar-refractivity contribution in [2.45, 2.75) is 0 Å². The first-order valence-electron chi connectivity index (χ1n) is 2.58. The van der Waals surface area contributed by atoms with Crippen molar-refractivity contribution in [3.63, 3.8) is 0 Å². The molecule has 10 heavy (non-hydrogen) atoms. The third-order valence-corrected chi connectivity index (χ3v) is 1.38. The van der Waals surface area contributed by atoms with E-state index in [2.05, 4.69) is 17.8 Å². The Labute approximate surface area is 69.3 Å². The number of pyridine rings is 1. The van der Waals surface area contributed by atoms with Gasteiger partial charge in [-0.1, -0.05) is 29.8 Å². The summed E-state index contributed by atoms with van der Waals surface area (Å²) in [5.41, 5.74) is 0.727. The molecule has 1 nitrogen and oxygen atoms in total. The predicted octanol–water partition coefficient (Wildman–Crippen LogP) is 2.74. The fourth-order valence-corrected chi connectivity index (χ4v) is 0.788. The molecule has 0 fully saturated rings. The molecule has 0 amide bonds. The molecule has 1 aromatic heterocycles. The summed E-state index contributed by atoms with van der Waals surface area (Å²) in [6.45, 7) is 3.52. The van der Waals surface area contributed by atoms with Crippen LogP contribution in [0.5, 0.6) is 0 Å². The Morgan fingerprint density at radius 1 is 1.70 bits per heavy atom. The van der Waals surface area contributed by atoms with Gasteiger partial charge in [0.15, 0.2) is 0 Å². The first-order chi connectivity index (χ1) is 4.70. The number of hydrogen-bond donors (Lipinski definition) is 0. The van der Waals surface area contributed by atoms with E-state index in [1.807, 2.05) is 0 Å². The van der Waals surface area contributed by atoms with E-state index in [-0.39, 0.29) is 0 Å². The van der Waals surface area contributed by atoms with Crippen LogP contribution < -0.4 is 0 Å². The maximum atomic E-state index is 5.57. The van der Waals surface area contributed by atoms with Gasteiger partial charge < -0.3 is 0 Å². The van der Waals surface area contributed by atoms with Crippen molar-refractivity contribution in [1.82, 2.24) is 4.98 Å². The maximum Gasteiger partial charge on any atom is 0.109 e. The van der Waals surface area contributed by atoms with Crippen LogP contribution in [-0.2, 0) is 0 Å².